The van der Waals surface area contributed by atoms with Crippen LogP contribution in [0.15, 0.2) is 64.6 Å². The molecule has 1 aliphatic heterocycles. The molecular formula is C26H23N5O5S. The van der Waals surface area contributed by atoms with Gasteiger partial charge in [-0.15, -0.1) is 11.3 Å². The Morgan fingerprint density at radius 3 is 2.54 bits per heavy atom. The summed E-state index contributed by atoms with van der Waals surface area (Å²) < 4.78 is 5.35. The summed E-state index contributed by atoms with van der Waals surface area (Å²) in [6, 6.07) is 14.5. The maximum Gasteiger partial charge on any atom is 0.290 e. The lowest BCUT2D eigenvalue weighted by atomic mass is 9.89. The van der Waals surface area contributed by atoms with Gasteiger partial charge in [0.1, 0.15) is 11.9 Å². The highest BCUT2D eigenvalue weighted by molar-refractivity contribution is 7.13. The van der Waals surface area contributed by atoms with Crippen molar-refractivity contribution in [2.75, 3.05) is 18.4 Å². The van der Waals surface area contributed by atoms with Crippen molar-refractivity contribution in [3.05, 3.63) is 92.7 Å². The minimum absolute atomic E-state index is 0.110. The quantitative estimate of drug-likeness (QED) is 0.272. The van der Waals surface area contributed by atoms with Gasteiger partial charge in [-0.2, -0.15) is 0 Å². The molecule has 1 aromatic carbocycles. The number of hydrogen-bond acceptors (Lipinski definition) is 8. The number of amides is 2. The molecule has 1 saturated heterocycles. The molecule has 11 heteroatoms. The van der Waals surface area contributed by atoms with Crippen LogP contribution in [0.1, 0.15) is 50.9 Å². The summed E-state index contributed by atoms with van der Waals surface area (Å²) in [5, 5.41) is 19.6. The lowest BCUT2D eigenvalue weighted by Gasteiger charge is -2.31. The maximum absolute atomic E-state index is 12.9. The van der Waals surface area contributed by atoms with Crippen LogP contribution >= 0.6 is 11.3 Å². The fourth-order valence-electron chi connectivity index (χ4n) is 4.39. The number of thiophene rings is 1. The number of pyridine rings is 1. The molecule has 10 nitrogen and oxygen atoms in total. The minimum Gasteiger partial charge on any atom is -0.355 e. The van der Waals surface area contributed by atoms with Gasteiger partial charge in [-0.25, -0.2) is 4.98 Å². The molecule has 1 aliphatic rings. The van der Waals surface area contributed by atoms with Gasteiger partial charge in [-0.05, 0) is 60.9 Å². The number of piperidine rings is 1. The van der Waals surface area contributed by atoms with Crippen molar-refractivity contribution in [3.63, 3.8) is 0 Å². The van der Waals surface area contributed by atoms with Crippen LogP contribution in [-0.2, 0) is 0 Å². The van der Waals surface area contributed by atoms with Gasteiger partial charge in [0, 0.05) is 30.4 Å². The topological polar surface area (TPSA) is 131 Å². The molecule has 5 rings (SSSR count). The Kier molecular flexibility index (Phi) is 6.78. The van der Waals surface area contributed by atoms with E-state index in [4.69, 9.17) is 4.52 Å². The first-order valence-corrected chi connectivity index (χ1v) is 12.6. The molecule has 0 radical (unpaired) electrons. The Bertz CT molecular complexity index is 1440. The molecule has 1 N–H and O–H groups in total. The van der Waals surface area contributed by atoms with E-state index in [2.05, 4.69) is 15.5 Å². The zero-order valence-electron chi connectivity index (χ0n) is 19.9. The lowest BCUT2D eigenvalue weighted by Crippen LogP contribution is -2.38. The second-order valence-corrected chi connectivity index (χ2v) is 9.76. The fraction of sp³-hybridized carbons (Fsp3) is 0.231. The average Bonchev–Trinajstić information content (AvgIpc) is 3.61. The number of aryl methyl sites for hydroxylation is 1. The Hall–Kier alpha value is -4.38. The fourth-order valence-corrected chi connectivity index (χ4v) is 5.06. The van der Waals surface area contributed by atoms with Crippen LogP contribution in [0.2, 0.25) is 0 Å². The summed E-state index contributed by atoms with van der Waals surface area (Å²) >= 11 is 1.53. The first-order chi connectivity index (χ1) is 17.9. The van der Waals surface area contributed by atoms with Crippen molar-refractivity contribution < 1.29 is 19.0 Å². The molecule has 0 unspecified atom stereocenters. The maximum atomic E-state index is 12.9. The molecule has 0 aliphatic carbocycles. The van der Waals surface area contributed by atoms with Gasteiger partial charge in [0.05, 0.1) is 9.80 Å². The SMILES string of the molecule is Cc1cc(C(=O)Nc2ccc(C3CCN(C(=O)c4cc(-c5cccs5)on4)CC3)cc2)ncc1[N+](=O)[O-]. The van der Waals surface area contributed by atoms with Gasteiger partial charge in [0.25, 0.3) is 17.5 Å². The highest BCUT2D eigenvalue weighted by Gasteiger charge is 2.27. The van der Waals surface area contributed by atoms with Crippen molar-refractivity contribution in [3.8, 4) is 10.6 Å². The second-order valence-electron chi connectivity index (χ2n) is 8.81. The van der Waals surface area contributed by atoms with Gasteiger partial charge < -0.3 is 14.7 Å². The number of hydrogen-bond donors (Lipinski definition) is 1. The van der Waals surface area contributed by atoms with Crippen LogP contribution in [0.25, 0.3) is 10.6 Å². The number of nitrogens with one attached hydrogen (secondary N) is 1. The summed E-state index contributed by atoms with van der Waals surface area (Å²) in [7, 11) is 0. The third-order valence-corrected chi connectivity index (χ3v) is 7.31. The molecule has 0 atom stereocenters. The number of carbonyl (C=O) groups is 2. The van der Waals surface area contributed by atoms with Gasteiger partial charge in [-0.3, -0.25) is 19.7 Å². The number of carbonyl (C=O) groups excluding carboxylic acids is 2. The number of anilines is 1. The van der Waals surface area contributed by atoms with Crippen molar-refractivity contribution in [2.45, 2.75) is 25.7 Å². The van der Waals surface area contributed by atoms with E-state index in [1.165, 1.54) is 17.4 Å². The van der Waals surface area contributed by atoms with E-state index in [-0.39, 0.29) is 17.3 Å². The number of benzene rings is 1. The monoisotopic (exact) mass is 517 g/mol. The van der Waals surface area contributed by atoms with E-state index in [1.807, 2.05) is 41.8 Å². The van der Waals surface area contributed by atoms with Crippen molar-refractivity contribution in [1.82, 2.24) is 15.0 Å². The summed E-state index contributed by atoms with van der Waals surface area (Å²) in [6.45, 7) is 2.81. The Labute approximate surface area is 216 Å². The van der Waals surface area contributed by atoms with Crippen LogP contribution < -0.4 is 5.32 Å². The standard InChI is InChI=1S/C26H23N5O5S/c1-16-13-20(27-15-22(16)31(34)35)25(32)28-19-6-4-17(5-7-19)18-8-10-30(11-9-18)26(33)21-14-23(36-29-21)24-3-2-12-37-24/h2-7,12-15,18H,8-11H2,1H3,(H,28,32). The molecule has 37 heavy (non-hydrogen) atoms. The second kappa shape index (κ2) is 10.3. The number of rotatable bonds is 6. The molecule has 0 bridgehead atoms. The molecule has 2 amide bonds. The van der Waals surface area contributed by atoms with Gasteiger partial charge in [0.15, 0.2) is 11.5 Å². The molecule has 0 saturated carbocycles. The van der Waals surface area contributed by atoms with Crippen LogP contribution in [0.4, 0.5) is 11.4 Å². The van der Waals surface area contributed by atoms with E-state index in [0.717, 1.165) is 29.5 Å². The predicted octanol–water partition coefficient (Wildman–Crippen LogP) is 5.29. The van der Waals surface area contributed by atoms with Crippen LogP contribution in [0, 0.1) is 17.0 Å². The van der Waals surface area contributed by atoms with E-state index in [1.54, 1.807) is 17.9 Å². The van der Waals surface area contributed by atoms with Gasteiger partial charge in [-0.1, -0.05) is 23.4 Å². The first kappa shape index (κ1) is 24.3. The summed E-state index contributed by atoms with van der Waals surface area (Å²) in [5.74, 6) is 0.331. The zero-order chi connectivity index (χ0) is 25.9. The van der Waals surface area contributed by atoms with Crippen molar-refractivity contribution in [1.29, 1.82) is 0 Å². The van der Waals surface area contributed by atoms with Crippen LogP contribution in [-0.4, -0.2) is 44.9 Å². The minimum atomic E-state index is -0.528. The van der Waals surface area contributed by atoms with Crippen molar-refractivity contribution in [2.24, 2.45) is 0 Å². The van der Waals surface area contributed by atoms with Crippen LogP contribution in [0.5, 0.6) is 0 Å². The highest BCUT2D eigenvalue weighted by Crippen LogP contribution is 2.30. The Balaban J connectivity index is 1.16. The summed E-state index contributed by atoms with van der Waals surface area (Å²) in [4.78, 5) is 42.5. The first-order valence-electron chi connectivity index (χ1n) is 11.7. The summed E-state index contributed by atoms with van der Waals surface area (Å²) in [6.07, 6.45) is 2.73. The summed E-state index contributed by atoms with van der Waals surface area (Å²) in [5.41, 5.74) is 2.41. The molecule has 4 aromatic rings. The molecule has 3 aromatic heterocycles. The van der Waals surface area contributed by atoms with E-state index in [9.17, 15) is 19.7 Å². The van der Waals surface area contributed by atoms with E-state index in [0.29, 0.717) is 41.7 Å². The number of nitro groups is 1. The smallest absolute Gasteiger partial charge is 0.290 e. The third kappa shape index (κ3) is 5.26. The number of likely N-dealkylation sites (tertiary alicyclic amines) is 1. The molecular weight excluding hydrogens is 494 g/mol. The molecule has 0 spiro atoms. The van der Waals surface area contributed by atoms with Crippen LogP contribution in [0.3, 0.4) is 0 Å². The number of aromatic nitrogens is 2. The Morgan fingerprint density at radius 2 is 1.89 bits per heavy atom. The average molecular weight is 518 g/mol. The number of nitrogens with zero attached hydrogens (tertiary/aromatic N) is 4. The van der Waals surface area contributed by atoms with Crippen molar-refractivity contribution >= 4 is 34.5 Å². The van der Waals surface area contributed by atoms with E-state index < -0.39 is 10.8 Å². The zero-order valence-corrected chi connectivity index (χ0v) is 20.7. The molecule has 1 fully saturated rings. The van der Waals surface area contributed by atoms with Gasteiger partial charge >= 0.3 is 0 Å². The van der Waals surface area contributed by atoms with E-state index >= 15 is 0 Å². The largest absolute Gasteiger partial charge is 0.355 e. The predicted molar refractivity (Wildman–Crippen MR) is 138 cm³/mol. The molecule has 188 valence electrons. The normalized spacial score (nSPS) is 13.9. The van der Waals surface area contributed by atoms with Gasteiger partial charge in [0.2, 0.25) is 0 Å². The Morgan fingerprint density at radius 1 is 1.14 bits per heavy atom. The molecule has 4 heterocycles. The lowest BCUT2D eigenvalue weighted by molar-refractivity contribution is -0.385. The third-order valence-electron chi connectivity index (χ3n) is 6.43. The highest BCUT2D eigenvalue weighted by atomic mass is 32.1.